The molecule has 0 spiro atoms. The molecule has 1 aromatic carbocycles. The number of carbonyl (C=O) groups excluding carboxylic acids is 2. The van der Waals surface area contributed by atoms with Gasteiger partial charge in [0.2, 0.25) is 0 Å². The Hall–Kier alpha value is -2.38. The van der Waals surface area contributed by atoms with Gasteiger partial charge < -0.3 is 25.5 Å². The maximum atomic E-state index is 12.3. The number of rotatable bonds is 7. The minimum absolute atomic E-state index is 0.0163. The van der Waals surface area contributed by atoms with Crippen molar-refractivity contribution in [2.75, 3.05) is 26.2 Å². The van der Waals surface area contributed by atoms with Crippen LogP contribution in [0.15, 0.2) is 35.6 Å². The maximum Gasteiger partial charge on any atom is 0.290 e. The molecule has 1 heterocycles. The van der Waals surface area contributed by atoms with Gasteiger partial charge >= 0.3 is 0 Å². The second-order valence-corrected chi connectivity index (χ2v) is 5.28. The number of benzene rings is 1. The number of aromatic hydroxyl groups is 1. The van der Waals surface area contributed by atoms with E-state index in [1.165, 1.54) is 24.0 Å². The van der Waals surface area contributed by atoms with Crippen molar-refractivity contribution >= 4 is 11.7 Å². The lowest BCUT2D eigenvalue weighted by atomic mass is 9.96. The Kier molecular flexibility index (Phi) is 5.36. The number of hydrogen-bond acceptors (Lipinski definition) is 6. The largest absolute Gasteiger partial charge is 0.508 e. The Labute approximate surface area is 133 Å². The van der Waals surface area contributed by atoms with Crippen molar-refractivity contribution in [2.45, 2.75) is 13.0 Å². The number of phenols is 1. The van der Waals surface area contributed by atoms with E-state index in [-0.39, 0.29) is 30.3 Å². The van der Waals surface area contributed by atoms with Crippen molar-refractivity contribution in [3.63, 3.8) is 0 Å². The summed E-state index contributed by atoms with van der Waals surface area (Å²) in [6.07, 6.45) is 0. The van der Waals surface area contributed by atoms with Crippen LogP contribution in [-0.4, -0.2) is 58.2 Å². The summed E-state index contributed by atoms with van der Waals surface area (Å²) < 4.78 is 0. The summed E-state index contributed by atoms with van der Waals surface area (Å²) >= 11 is 0. The molecule has 0 aliphatic carbocycles. The van der Waals surface area contributed by atoms with Crippen LogP contribution in [0.3, 0.4) is 0 Å². The number of phenolic OH excluding ortho intramolecular Hbond substituents is 1. The average molecular weight is 320 g/mol. The molecule has 0 aromatic heterocycles. The first kappa shape index (κ1) is 17.0. The lowest BCUT2D eigenvalue weighted by Gasteiger charge is -2.26. The Morgan fingerprint density at radius 2 is 1.87 bits per heavy atom. The van der Waals surface area contributed by atoms with E-state index in [0.29, 0.717) is 18.7 Å². The fraction of sp³-hybridized carbons (Fsp3) is 0.375. The summed E-state index contributed by atoms with van der Waals surface area (Å²) in [7, 11) is 0. The quantitative estimate of drug-likeness (QED) is 0.536. The summed E-state index contributed by atoms with van der Waals surface area (Å²) in [5.74, 6) is -1.43. The molecule has 23 heavy (non-hydrogen) atoms. The Balaban J connectivity index is 2.31. The lowest BCUT2D eigenvalue weighted by molar-refractivity contribution is -0.129. The van der Waals surface area contributed by atoms with E-state index in [1.54, 1.807) is 12.1 Å². The first-order chi connectivity index (χ1) is 11.0. The highest BCUT2D eigenvalue weighted by atomic mass is 16.3. The number of nitrogens with zero attached hydrogens (tertiary/aromatic N) is 1. The number of hydrogen-bond donors (Lipinski definition) is 4. The fourth-order valence-corrected chi connectivity index (χ4v) is 2.65. The number of ketones is 1. The Morgan fingerprint density at radius 3 is 2.43 bits per heavy atom. The molecule has 1 amide bonds. The van der Waals surface area contributed by atoms with Crippen LogP contribution >= 0.6 is 0 Å². The highest BCUT2D eigenvalue weighted by Gasteiger charge is 2.41. The van der Waals surface area contributed by atoms with Gasteiger partial charge in [-0.25, -0.2) is 0 Å². The monoisotopic (exact) mass is 320 g/mol. The molecule has 2 rings (SSSR count). The van der Waals surface area contributed by atoms with E-state index < -0.39 is 17.7 Å². The van der Waals surface area contributed by atoms with Gasteiger partial charge in [0.1, 0.15) is 5.75 Å². The third kappa shape index (κ3) is 3.52. The smallest absolute Gasteiger partial charge is 0.290 e. The molecule has 1 unspecified atom stereocenters. The molecule has 7 nitrogen and oxygen atoms in total. The molecule has 7 heteroatoms. The highest BCUT2D eigenvalue weighted by Crippen LogP contribution is 2.37. The van der Waals surface area contributed by atoms with Crippen molar-refractivity contribution in [1.82, 2.24) is 10.2 Å². The molecule has 0 saturated carbocycles. The van der Waals surface area contributed by atoms with Crippen LogP contribution in [0.4, 0.5) is 0 Å². The van der Waals surface area contributed by atoms with Gasteiger partial charge in [0.05, 0.1) is 18.2 Å². The fourth-order valence-electron chi connectivity index (χ4n) is 2.65. The zero-order valence-corrected chi connectivity index (χ0v) is 12.8. The number of aliphatic hydroxyl groups excluding tert-OH is 2. The van der Waals surface area contributed by atoms with E-state index >= 15 is 0 Å². The molecule has 0 saturated heterocycles. The van der Waals surface area contributed by atoms with Gasteiger partial charge in [0.25, 0.3) is 5.91 Å². The van der Waals surface area contributed by atoms with E-state index in [4.69, 9.17) is 5.11 Å². The minimum Gasteiger partial charge on any atom is -0.508 e. The van der Waals surface area contributed by atoms with Gasteiger partial charge in [-0.3, -0.25) is 9.59 Å². The molecular weight excluding hydrogens is 300 g/mol. The summed E-state index contributed by atoms with van der Waals surface area (Å²) in [4.78, 5) is 25.6. The summed E-state index contributed by atoms with van der Waals surface area (Å²) in [5.41, 5.74) is 0.690. The molecule has 1 aliphatic heterocycles. The molecule has 0 fully saturated rings. The predicted molar refractivity (Wildman–Crippen MR) is 82.9 cm³/mol. The third-order valence-corrected chi connectivity index (χ3v) is 3.71. The van der Waals surface area contributed by atoms with Crippen molar-refractivity contribution in [3.05, 3.63) is 41.2 Å². The lowest BCUT2D eigenvalue weighted by Crippen LogP contribution is -2.37. The molecule has 1 aromatic rings. The number of Topliss-reactive ketones (excluding diaryl/α,β-unsaturated/α-hetero) is 1. The number of carbonyl (C=O) groups is 2. The van der Waals surface area contributed by atoms with Crippen LogP contribution in [-0.2, 0) is 9.59 Å². The van der Waals surface area contributed by atoms with Crippen LogP contribution in [0.5, 0.6) is 5.75 Å². The molecule has 0 radical (unpaired) electrons. The third-order valence-electron chi connectivity index (χ3n) is 3.71. The first-order valence-corrected chi connectivity index (χ1v) is 7.33. The van der Waals surface area contributed by atoms with E-state index in [1.807, 2.05) is 0 Å². The molecule has 0 bridgehead atoms. The molecule has 1 aliphatic rings. The summed E-state index contributed by atoms with van der Waals surface area (Å²) in [6, 6.07) is 5.48. The molecule has 1 atom stereocenters. The van der Waals surface area contributed by atoms with Gasteiger partial charge in [-0.15, -0.1) is 0 Å². The normalized spacial score (nSPS) is 17.9. The van der Waals surface area contributed by atoms with E-state index in [0.717, 1.165) is 0 Å². The van der Waals surface area contributed by atoms with E-state index in [2.05, 4.69) is 5.32 Å². The molecule has 4 N–H and O–H groups in total. The second-order valence-electron chi connectivity index (χ2n) is 5.28. The van der Waals surface area contributed by atoms with Crippen molar-refractivity contribution in [2.24, 2.45) is 0 Å². The van der Waals surface area contributed by atoms with Crippen LogP contribution in [0, 0.1) is 0 Å². The van der Waals surface area contributed by atoms with Crippen molar-refractivity contribution in [1.29, 1.82) is 0 Å². The first-order valence-electron chi connectivity index (χ1n) is 7.33. The van der Waals surface area contributed by atoms with Crippen LogP contribution < -0.4 is 5.32 Å². The van der Waals surface area contributed by atoms with Crippen molar-refractivity contribution < 1.29 is 24.9 Å². The van der Waals surface area contributed by atoms with Crippen LogP contribution in [0.1, 0.15) is 18.5 Å². The molecule has 124 valence electrons. The zero-order valence-electron chi connectivity index (χ0n) is 12.8. The van der Waals surface area contributed by atoms with E-state index in [9.17, 15) is 19.8 Å². The van der Waals surface area contributed by atoms with Gasteiger partial charge in [-0.2, -0.15) is 0 Å². The highest BCUT2D eigenvalue weighted by molar-refractivity contribution is 6.08. The minimum atomic E-state index is -0.684. The van der Waals surface area contributed by atoms with Gasteiger partial charge in [-0.1, -0.05) is 12.1 Å². The number of nitrogens with one attached hydrogen (secondary N) is 1. The Morgan fingerprint density at radius 1 is 1.22 bits per heavy atom. The van der Waals surface area contributed by atoms with Gasteiger partial charge in [0.15, 0.2) is 11.5 Å². The zero-order chi connectivity index (χ0) is 17.0. The average Bonchev–Trinajstić information content (AvgIpc) is 2.77. The van der Waals surface area contributed by atoms with Crippen molar-refractivity contribution in [3.8, 4) is 5.75 Å². The van der Waals surface area contributed by atoms with Gasteiger partial charge in [-0.05, 0) is 24.6 Å². The SMILES string of the molecule is CC(=O)C1=C(O)C(=O)N(CCNCCO)C1c1ccc(O)cc1. The standard InChI is InChI=1S/C16H20N2O5/c1-10(20)13-14(11-2-4-12(21)5-3-11)18(16(23)15(13)22)8-6-17-7-9-19/h2-5,14,17,19,21-22H,6-9H2,1H3. The molecular formula is C16H20N2O5. The maximum absolute atomic E-state index is 12.3. The predicted octanol–water partition coefficient (Wildman–Crippen LogP) is 0.258. The number of amides is 1. The van der Waals surface area contributed by atoms with Gasteiger partial charge in [0, 0.05) is 19.6 Å². The summed E-state index contributed by atoms with van der Waals surface area (Å²) in [6.45, 7) is 2.37. The Bertz CT molecular complexity index is 624. The summed E-state index contributed by atoms with van der Waals surface area (Å²) in [5, 5.41) is 31.2. The topological polar surface area (TPSA) is 110 Å². The van der Waals surface area contributed by atoms with Crippen LogP contribution in [0.25, 0.3) is 0 Å². The second kappa shape index (κ2) is 7.26. The number of aliphatic hydroxyl groups is 2. The van der Waals surface area contributed by atoms with Crippen LogP contribution in [0.2, 0.25) is 0 Å².